The molecule has 0 N–H and O–H groups in total. The van der Waals surface area contributed by atoms with Crippen molar-refractivity contribution in [2.24, 2.45) is 0 Å². The third kappa shape index (κ3) is 2.53. The highest BCUT2D eigenvalue weighted by atomic mass is 16.5. The Kier molecular flexibility index (Phi) is 3.36. The lowest BCUT2D eigenvalue weighted by Crippen LogP contribution is -2.11. The van der Waals surface area contributed by atoms with Crippen molar-refractivity contribution in [3.8, 4) is 0 Å². The fourth-order valence-corrected chi connectivity index (χ4v) is 1.57. The number of aryl methyl sites for hydroxylation is 1. The minimum Gasteiger partial charge on any atom is -0.466 e. The lowest BCUT2D eigenvalue weighted by Gasteiger charge is -1.98. The maximum absolute atomic E-state index is 11.8. The van der Waals surface area contributed by atoms with E-state index >= 15 is 0 Å². The summed E-state index contributed by atoms with van der Waals surface area (Å²) in [5, 5.41) is 0. The molecule has 0 aromatic carbocycles. The molecule has 0 aliphatic heterocycles. The topological polar surface area (TPSA) is 73.6 Å². The molecule has 0 spiro atoms. The van der Waals surface area contributed by atoms with Crippen molar-refractivity contribution in [3.05, 3.63) is 30.0 Å². The van der Waals surface area contributed by atoms with Gasteiger partial charge in [-0.15, -0.1) is 0 Å². The zero-order valence-electron chi connectivity index (χ0n) is 10.2. The highest BCUT2D eigenvalue weighted by Gasteiger charge is 2.15. The second-order valence-corrected chi connectivity index (χ2v) is 3.83. The van der Waals surface area contributed by atoms with Crippen molar-refractivity contribution in [2.45, 2.75) is 20.3 Å². The molecule has 0 bridgehead atoms. The van der Waals surface area contributed by atoms with Crippen LogP contribution >= 0.6 is 0 Å². The number of esters is 1. The van der Waals surface area contributed by atoms with E-state index in [9.17, 15) is 9.59 Å². The molecule has 94 valence electrons. The van der Waals surface area contributed by atoms with Gasteiger partial charge >= 0.3 is 5.97 Å². The number of Topliss-reactive ketones (excluding diaryl/α,β-unsaturated/α-hetero) is 1. The molecule has 6 nitrogen and oxygen atoms in total. The van der Waals surface area contributed by atoms with E-state index in [1.165, 1.54) is 0 Å². The van der Waals surface area contributed by atoms with Crippen molar-refractivity contribution in [2.75, 3.05) is 6.61 Å². The second kappa shape index (κ2) is 4.95. The smallest absolute Gasteiger partial charge is 0.313 e. The summed E-state index contributed by atoms with van der Waals surface area (Å²) in [6.45, 7) is 3.81. The fraction of sp³-hybridized carbons (Fsp3) is 0.333. The number of fused-ring (bicyclic) bond motifs is 1. The van der Waals surface area contributed by atoms with E-state index in [1.807, 2.05) is 6.92 Å². The number of rotatable bonds is 4. The molecule has 18 heavy (non-hydrogen) atoms. The highest BCUT2D eigenvalue weighted by molar-refractivity contribution is 6.05. The van der Waals surface area contributed by atoms with Gasteiger partial charge in [-0.1, -0.05) is 0 Å². The zero-order chi connectivity index (χ0) is 13.1. The number of carbonyl (C=O) groups is 2. The van der Waals surface area contributed by atoms with Crippen molar-refractivity contribution >= 4 is 17.4 Å². The van der Waals surface area contributed by atoms with Gasteiger partial charge in [0.25, 0.3) is 0 Å². The van der Waals surface area contributed by atoms with E-state index in [2.05, 4.69) is 9.97 Å². The summed E-state index contributed by atoms with van der Waals surface area (Å²) < 4.78 is 6.43. The monoisotopic (exact) mass is 247 g/mol. The van der Waals surface area contributed by atoms with Crippen molar-refractivity contribution in [1.82, 2.24) is 14.4 Å². The number of ketones is 1. The lowest BCUT2D eigenvalue weighted by atomic mass is 10.2. The van der Waals surface area contributed by atoms with Crippen LogP contribution in [0.4, 0.5) is 0 Å². The maximum Gasteiger partial charge on any atom is 0.313 e. The number of imidazole rings is 1. The van der Waals surface area contributed by atoms with Gasteiger partial charge in [0.1, 0.15) is 12.1 Å². The Morgan fingerprint density at radius 2 is 2.17 bits per heavy atom. The van der Waals surface area contributed by atoms with Gasteiger partial charge in [0, 0.05) is 12.4 Å². The highest BCUT2D eigenvalue weighted by Crippen LogP contribution is 2.07. The number of hydrogen-bond donors (Lipinski definition) is 0. The average molecular weight is 247 g/mol. The van der Waals surface area contributed by atoms with Crippen LogP contribution in [0.1, 0.15) is 29.5 Å². The van der Waals surface area contributed by atoms with E-state index in [0.29, 0.717) is 5.65 Å². The maximum atomic E-state index is 11.8. The number of carbonyl (C=O) groups excluding carboxylic acids is 2. The van der Waals surface area contributed by atoms with Crippen LogP contribution < -0.4 is 0 Å². The Balaban J connectivity index is 2.20. The largest absolute Gasteiger partial charge is 0.466 e. The first kappa shape index (κ1) is 12.2. The first-order valence-corrected chi connectivity index (χ1v) is 5.60. The van der Waals surface area contributed by atoms with Crippen LogP contribution in [0.2, 0.25) is 0 Å². The third-order valence-electron chi connectivity index (χ3n) is 2.37. The Morgan fingerprint density at radius 1 is 1.39 bits per heavy atom. The molecule has 0 saturated carbocycles. The Morgan fingerprint density at radius 3 is 2.89 bits per heavy atom. The molecular formula is C12H13N3O3. The molecule has 2 rings (SSSR count). The zero-order valence-corrected chi connectivity index (χ0v) is 10.2. The molecule has 0 amide bonds. The molecule has 2 heterocycles. The van der Waals surface area contributed by atoms with E-state index in [-0.39, 0.29) is 24.5 Å². The number of ether oxygens (including phenoxy) is 1. The van der Waals surface area contributed by atoms with Gasteiger partial charge in [-0.25, -0.2) is 4.98 Å². The summed E-state index contributed by atoms with van der Waals surface area (Å²) in [7, 11) is 0. The second-order valence-electron chi connectivity index (χ2n) is 3.83. The lowest BCUT2D eigenvalue weighted by molar-refractivity contribution is -0.141. The molecule has 2 aromatic heterocycles. The minimum atomic E-state index is -0.533. The molecule has 0 unspecified atom stereocenters. The molecule has 0 aliphatic carbocycles. The van der Waals surface area contributed by atoms with Gasteiger partial charge in [0.15, 0.2) is 11.4 Å². The summed E-state index contributed by atoms with van der Waals surface area (Å²) in [6.07, 6.45) is 4.65. The first-order chi connectivity index (χ1) is 8.60. The van der Waals surface area contributed by atoms with Gasteiger partial charge in [-0.05, 0) is 13.8 Å². The van der Waals surface area contributed by atoms with E-state index in [1.54, 1.807) is 29.9 Å². The van der Waals surface area contributed by atoms with Gasteiger partial charge in [-0.2, -0.15) is 0 Å². The first-order valence-electron chi connectivity index (χ1n) is 5.60. The Labute approximate surface area is 104 Å². The Bertz CT molecular complexity index is 604. The number of aromatic nitrogens is 3. The summed E-state index contributed by atoms with van der Waals surface area (Å²) in [5.74, 6) is -0.885. The van der Waals surface area contributed by atoms with Crippen LogP contribution in [-0.2, 0) is 9.53 Å². The van der Waals surface area contributed by atoms with Crippen molar-refractivity contribution in [3.63, 3.8) is 0 Å². The van der Waals surface area contributed by atoms with Crippen LogP contribution in [0.3, 0.4) is 0 Å². The molecular weight excluding hydrogens is 234 g/mol. The van der Waals surface area contributed by atoms with Gasteiger partial charge in [0.2, 0.25) is 0 Å². The standard InChI is InChI=1S/C12H13N3O3/c1-3-18-12(17)4-10(16)9-7-15-6-8(2)13-5-11(15)14-9/h5-7H,3-4H2,1-2H3. The molecule has 0 radical (unpaired) electrons. The number of nitrogens with zero attached hydrogens (tertiary/aromatic N) is 3. The molecule has 0 atom stereocenters. The van der Waals surface area contributed by atoms with Crippen LogP contribution in [-0.4, -0.2) is 32.7 Å². The van der Waals surface area contributed by atoms with Crippen molar-refractivity contribution < 1.29 is 14.3 Å². The third-order valence-corrected chi connectivity index (χ3v) is 2.37. The van der Waals surface area contributed by atoms with Gasteiger partial charge in [0.05, 0.1) is 18.5 Å². The van der Waals surface area contributed by atoms with E-state index in [0.717, 1.165) is 5.69 Å². The quantitative estimate of drug-likeness (QED) is 0.460. The number of hydrogen-bond acceptors (Lipinski definition) is 5. The van der Waals surface area contributed by atoms with Crippen molar-refractivity contribution in [1.29, 1.82) is 0 Å². The molecule has 0 aliphatic rings. The molecule has 6 heteroatoms. The predicted octanol–water partition coefficient (Wildman–Crippen LogP) is 1.17. The summed E-state index contributed by atoms with van der Waals surface area (Å²) in [4.78, 5) is 31.2. The summed E-state index contributed by atoms with van der Waals surface area (Å²) >= 11 is 0. The van der Waals surface area contributed by atoms with Crippen LogP contribution in [0.5, 0.6) is 0 Å². The van der Waals surface area contributed by atoms with Crippen LogP contribution in [0.25, 0.3) is 5.65 Å². The van der Waals surface area contributed by atoms with Gasteiger partial charge in [-0.3, -0.25) is 14.6 Å². The van der Waals surface area contributed by atoms with Crippen LogP contribution in [0, 0.1) is 6.92 Å². The predicted molar refractivity (Wildman–Crippen MR) is 63.3 cm³/mol. The normalized spacial score (nSPS) is 10.6. The average Bonchev–Trinajstić information content (AvgIpc) is 2.72. The molecule has 0 saturated heterocycles. The summed E-state index contributed by atoms with van der Waals surface area (Å²) in [6, 6.07) is 0. The summed E-state index contributed by atoms with van der Waals surface area (Å²) in [5.41, 5.74) is 1.65. The molecule has 0 fully saturated rings. The van der Waals surface area contributed by atoms with E-state index < -0.39 is 5.97 Å². The fourth-order valence-electron chi connectivity index (χ4n) is 1.57. The Hall–Kier alpha value is -2.24. The minimum absolute atomic E-state index is 0.246. The molecule has 2 aromatic rings. The van der Waals surface area contributed by atoms with E-state index in [4.69, 9.17) is 4.74 Å². The SMILES string of the molecule is CCOC(=O)CC(=O)c1cn2cc(C)ncc2n1. The van der Waals surface area contributed by atoms with Crippen LogP contribution in [0.15, 0.2) is 18.6 Å². The van der Waals surface area contributed by atoms with Gasteiger partial charge < -0.3 is 9.14 Å².